The fourth-order valence-electron chi connectivity index (χ4n) is 1.94. The number of nitrogens with zero attached hydrogens (tertiary/aromatic N) is 3. The predicted molar refractivity (Wildman–Crippen MR) is 59.6 cm³/mol. The van der Waals surface area contributed by atoms with Crippen LogP contribution in [-0.4, -0.2) is 40.4 Å². The second kappa shape index (κ2) is 4.42. The van der Waals surface area contributed by atoms with Crippen molar-refractivity contribution in [3.63, 3.8) is 0 Å². The van der Waals surface area contributed by atoms with Crippen LogP contribution in [-0.2, 0) is 11.3 Å². The van der Waals surface area contributed by atoms with E-state index in [9.17, 15) is 0 Å². The monoisotopic (exact) mass is 228 g/mol. The van der Waals surface area contributed by atoms with Gasteiger partial charge in [-0.05, 0) is 13.8 Å². The van der Waals surface area contributed by atoms with Crippen molar-refractivity contribution in [3.05, 3.63) is 5.01 Å². The first-order valence-corrected chi connectivity index (χ1v) is 5.91. The van der Waals surface area contributed by atoms with Crippen LogP contribution >= 0.6 is 11.3 Å². The summed E-state index contributed by atoms with van der Waals surface area (Å²) in [4.78, 5) is 2.33. The third kappa shape index (κ3) is 2.87. The van der Waals surface area contributed by atoms with Crippen LogP contribution < -0.4 is 5.73 Å². The molecule has 2 rings (SSSR count). The highest BCUT2D eigenvalue weighted by molar-refractivity contribution is 7.15. The summed E-state index contributed by atoms with van der Waals surface area (Å²) < 4.78 is 5.66. The highest BCUT2D eigenvalue weighted by atomic mass is 32.1. The highest BCUT2D eigenvalue weighted by Crippen LogP contribution is 2.17. The molecule has 15 heavy (non-hydrogen) atoms. The molecule has 1 aliphatic heterocycles. The number of hydrogen-bond donors (Lipinski definition) is 1. The highest BCUT2D eigenvalue weighted by Gasteiger charge is 2.22. The maximum Gasteiger partial charge on any atom is 0.203 e. The first-order valence-electron chi connectivity index (χ1n) is 5.09. The van der Waals surface area contributed by atoms with Gasteiger partial charge in [0.15, 0.2) is 0 Å². The first kappa shape index (κ1) is 10.8. The van der Waals surface area contributed by atoms with Crippen molar-refractivity contribution in [3.8, 4) is 0 Å². The van der Waals surface area contributed by atoms with Crippen molar-refractivity contribution >= 4 is 16.5 Å². The van der Waals surface area contributed by atoms with Gasteiger partial charge in [0.25, 0.3) is 0 Å². The third-order valence-corrected chi connectivity index (χ3v) is 3.07. The zero-order valence-electron chi connectivity index (χ0n) is 9.01. The molecule has 84 valence electrons. The Balaban J connectivity index is 1.94. The van der Waals surface area contributed by atoms with Crippen molar-refractivity contribution in [1.82, 2.24) is 15.1 Å². The van der Waals surface area contributed by atoms with Crippen LogP contribution in [0.5, 0.6) is 0 Å². The third-order valence-electron chi connectivity index (χ3n) is 2.34. The Morgan fingerprint density at radius 3 is 2.60 bits per heavy atom. The summed E-state index contributed by atoms with van der Waals surface area (Å²) in [6.07, 6.45) is 0.582. The van der Waals surface area contributed by atoms with E-state index in [0.29, 0.717) is 17.3 Å². The standard InChI is InChI=1S/C9H16N4OS/c1-6-3-13(4-7(2)14-6)5-8-11-12-9(10)15-8/h6-7H,3-5H2,1-2H3,(H2,10,12)/t6-,7+. The largest absolute Gasteiger partial charge is 0.374 e. The van der Waals surface area contributed by atoms with E-state index in [0.717, 1.165) is 24.6 Å². The molecule has 1 fully saturated rings. The molecule has 0 aromatic carbocycles. The molecule has 0 unspecified atom stereocenters. The summed E-state index contributed by atoms with van der Waals surface area (Å²) in [7, 11) is 0. The number of rotatable bonds is 2. The predicted octanol–water partition coefficient (Wildman–Crippen LogP) is 0.729. The van der Waals surface area contributed by atoms with Gasteiger partial charge in [-0.1, -0.05) is 11.3 Å². The zero-order valence-corrected chi connectivity index (χ0v) is 9.83. The van der Waals surface area contributed by atoms with Gasteiger partial charge in [0, 0.05) is 13.1 Å². The SMILES string of the molecule is C[C@@H]1CN(Cc2nnc(N)s2)C[C@H](C)O1. The summed E-state index contributed by atoms with van der Waals surface area (Å²) >= 11 is 1.46. The molecule has 0 aliphatic carbocycles. The van der Waals surface area contributed by atoms with Crippen molar-refractivity contribution in [2.75, 3.05) is 18.8 Å². The first-order chi connectivity index (χ1) is 7.13. The summed E-state index contributed by atoms with van der Waals surface area (Å²) in [6.45, 7) is 6.91. The van der Waals surface area contributed by atoms with Crippen molar-refractivity contribution in [2.45, 2.75) is 32.6 Å². The molecule has 5 nitrogen and oxygen atoms in total. The molecule has 1 aliphatic rings. The second-order valence-corrected chi connectivity index (χ2v) is 5.08. The zero-order chi connectivity index (χ0) is 10.8. The van der Waals surface area contributed by atoms with Crippen molar-refractivity contribution in [1.29, 1.82) is 0 Å². The molecule has 1 aromatic heterocycles. The Kier molecular flexibility index (Phi) is 3.18. The average Bonchev–Trinajstić information content (AvgIpc) is 2.49. The van der Waals surface area contributed by atoms with E-state index in [2.05, 4.69) is 28.9 Å². The summed E-state index contributed by atoms with van der Waals surface area (Å²) in [5, 5.41) is 9.35. The van der Waals surface area contributed by atoms with Gasteiger partial charge in [-0.15, -0.1) is 10.2 Å². The van der Waals surface area contributed by atoms with Crippen LogP contribution in [0.1, 0.15) is 18.9 Å². The molecule has 0 bridgehead atoms. The van der Waals surface area contributed by atoms with Crippen LogP contribution in [0.25, 0.3) is 0 Å². The number of hydrogen-bond acceptors (Lipinski definition) is 6. The van der Waals surface area contributed by atoms with Gasteiger partial charge >= 0.3 is 0 Å². The van der Waals surface area contributed by atoms with Gasteiger partial charge in [-0.2, -0.15) is 0 Å². The number of nitrogens with two attached hydrogens (primary N) is 1. The number of aromatic nitrogens is 2. The van der Waals surface area contributed by atoms with Crippen LogP contribution in [0.2, 0.25) is 0 Å². The lowest BCUT2D eigenvalue weighted by molar-refractivity contribution is -0.0705. The lowest BCUT2D eigenvalue weighted by Gasteiger charge is -2.34. The van der Waals surface area contributed by atoms with Gasteiger partial charge in [0.2, 0.25) is 5.13 Å². The van der Waals surface area contributed by atoms with Gasteiger partial charge in [0.05, 0.1) is 18.8 Å². The molecule has 0 amide bonds. The van der Waals surface area contributed by atoms with E-state index in [1.807, 2.05) is 0 Å². The Labute approximate surface area is 93.2 Å². The lowest BCUT2D eigenvalue weighted by Crippen LogP contribution is -2.44. The second-order valence-electron chi connectivity index (χ2n) is 3.99. The minimum atomic E-state index is 0.291. The Bertz CT molecular complexity index is 320. The fraction of sp³-hybridized carbons (Fsp3) is 0.778. The maximum absolute atomic E-state index is 5.66. The molecule has 6 heteroatoms. The minimum absolute atomic E-state index is 0.291. The summed E-state index contributed by atoms with van der Waals surface area (Å²) in [5.41, 5.74) is 5.54. The van der Waals surface area contributed by atoms with E-state index >= 15 is 0 Å². The van der Waals surface area contributed by atoms with Crippen LogP contribution in [0.4, 0.5) is 5.13 Å². The van der Waals surface area contributed by atoms with E-state index in [4.69, 9.17) is 10.5 Å². The summed E-state index contributed by atoms with van der Waals surface area (Å²) in [5.74, 6) is 0. The van der Waals surface area contributed by atoms with Crippen molar-refractivity contribution in [2.24, 2.45) is 0 Å². The molecule has 0 spiro atoms. The topological polar surface area (TPSA) is 64.3 Å². The molecule has 2 N–H and O–H groups in total. The molecule has 1 saturated heterocycles. The molecule has 0 radical (unpaired) electrons. The van der Waals surface area contributed by atoms with Gasteiger partial charge < -0.3 is 10.5 Å². The molecular formula is C9H16N4OS. The van der Waals surface area contributed by atoms with Gasteiger partial charge in [-0.25, -0.2) is 0 Å². The molecule has 2 atom stereocenters. The van der Waals surface area contributed by atoms with E-state index in [1.165, 1.54) is 11.3 Å². The Morgan fingerprint density at radius 1 is 1.40 bits per heavy atom. The van der Waals surface area contributed by atoms with Gasteiger partial charge in [0.1, 0.15) is 5.01 Å². The lowest BCUT2D eigenvalue weighted by atomic mass is 10.2. The number of ether oxygens (including phenoxy) is 1. The minimum Gasteiger partial charge on any atom is -0.374 e. The van der Waals surface area contributed by atoms with Crippen LogP contribution in [0.15, 0.2) is 0 Å². The number of morpholine rings is 1. The molecule has 0 saturated carbocycles. The molecular weight excluding hydrogens is 212 g/mol. The van der Waals surface area contributed by atoms with Gasteiger partial charge in [-0.3, -0.25) is 4.90 Å². The quantitative estimate of drug-likeness (QED) is 0.808. The smallest absolute Gasteiger partial charge is 0.203 e. The Morgan fingerprint density at radius 2 is 2.07 bits per heavy atom. The van der Waals surface area contributed by atoms with Crippen LogP contribution in [0.3, 0.4) is 0 Å². The van der Waals surface area contributed by atoms with E-state index in [1.54, 1.807) is 0 Å². The Hall–Kier alpha value is -0.720. The van der Waals surface area contributed by atoms with Crippen molar-refractivity contribution < 1.29 is 4.74 Å². The maximum atomic E-state index is 5.66. The number of anilines is 1. The average molecular weight is 228 g/mol. The normalized spacial score (nSPS) is 28.1. The molecule has 2 heterocycles. The summed E-state index contributed by atoms with van der Waals surface area (Å²) in [6, 6.07) is 0. The fourth-order valence-corrected chi connectivity index (χ4v) is 2.59. The van der Waals surface area contributed by atoms with E-state index in [-0.39, 0.29) is 0 Å². The number of nitrogen functional groups attached to an aromatic ring is 1. The van der Waals surface area contributed by atoms with E-state index < -0.39 is 0 Å². The van der Waals surface area contributed by atoms with Crippen LogP contribution in [0, 0.1) is 0 Å². The molecule has 1 aromatic rings.